The highest BCUT2D eigenvalue weighted by molar-refractivity contribution is 5.88. The van der Waals surface area contributed by atoms with Gasteiger partial charge in [0.25, 0.3) is 0 Å². The van der Waals surface area contributed by atoms with Crippen molar-refractivity contribution in [2.45, 2.75) is 52.0 Å². The third kappa shape index (κ3) is 3.73. The van der Waals surface area contributed by atoms with E-state index in [0.29, 0.717) is 11.3 Å². The summed E-state index contributed by atoms with van der Waals surface area (Å²) >= 11 is 0. The number of hydrogen-bond donors (Lipinski definition) is 2. The van der Waals surface area contributed by atoms with Crippen LogP contribution in [0.2, 0.25) is 0 Å². The largest absolute Gasteiger partial charge is 0.479 e. The summed E-state index contributed by atoms with van der Waals surface area (Å²) < 4.78 is 5.15. The minimum atomic E-state index is -1.43. The smallest absolute Gasteiger partial charge is 0.334 e. The fraction of sp³-hybridized carbons (Fsp3) is 0.421. The Hall–Kier alpha value is -2.63. The summed E-state index contributed by atoms with van der Waals surface area (Å²) in [7, 11) is 0. The van der Waals surface area contributed by atoms with Crippen LogP contribution in [0.4, 0.5) is 0 Å². The van der Waals surface area contributed by atoms with Gasteiger partial charge in [-0.25, -0.2) is 4.79 Å². The number of carboxylic acids is 1. The van der Waals surface area contributed by atoms with Crippen molar-refractivity contribution in [3.8, 4) is 0 Å². The molecule has 0 aliphatic rings. The maximum Gasteiger partial charge on any atom is 0.334 e. The molecule has 1 amide bonds. The Bertz CT molecular complexity index is 735. The van der Waals surface area contributed by atoms with Crippen molar-refractivity contribution in [1.82, 2.24) is 10.5 Å². The van der Waals surface area contributed by atoms with Crippen LogP contribution in [-0.4, -0.2) is 22.1 Å². The van der Waals surface area contributed by atoms with Gasteiger partial charge < -0.3 is 14.9 Å². The van der Waals surface area contributed by atoms with Crippen LogP contribution in [-0.2, 0) is 15.1 Å². The van der Waals surface area contributed by atoms with Crippen LogP contribution in [0.3, 0.4) is 0 Å². The minimum Gasteiger partial charge on any atom is -0.479 e. The summed E-state index contributed by atoms with van der Waals surface area (Å²) in [4.78, 5) is 24.6. The summed E-state index contributed by atoms with van der Waals surface area (Å²) in [6.07, 6.45) is 0.405. The molecular weight excluding hydrogens is 320 g/mol. The number of aryl methyl sites for hydroxylation is 2. The van der Waals surface area contributed by atoms with E-state index >= 15 is 0 Å². The maximum atomic E-state index is 12.6. The molecule has 2 unspecified atom stereocenters. The lowest BCUT2D eigenvalue weighted by Crippen LogP contribution is -2.51. The fourth-order valence-corrected chi connectivity index (χ4v) is 3.28. The molecule has 2 N–H and O–H groups in total. The second kappa shape index (κ2) is 7.51. The van der Waals surface area contributed by atoms with Gasteiger partial charge in [0.15, 0.2) is 5.54 Å². The lowest BCUT2D eigenvalue weighted by molar-refractivity contribution is -0.148. The number of carbonyl (C=O) groups excluding carboxylic acids is 1. The quantitative estimate of drug-likeness (QED) is 0.804. The molecule has 0 saturated heterocycles. The average molecular weight is 344 g/mol. The Balaban J connectivity index is 2.22. The summed E-state index contributed by atoms with van der Waals surface area (Å²) in [6, 6.07) is 8.78. The Kier molecular flexibility index (Phi) is 5.62. The van der Waals surface area contributed by atoms with Gasteiger partial charge in [0, 0.05) is 12.0 Å². The molecule has 0 radical (unpaired) electrons. The van der Waals surface area contributed by atoms with Crippen molar-refractivity contribution in [1.29, 1.82) is 0 Å². The number of aromatic nitrogens is 1. The number of amides is 1. The number of hydrogen-bond acceptors (Lipinski definition) is 4. The van der Waals surface area contributed by atoms with Crippen molar-refractivity contribution in [3.63, 3.8) is 0 Å². The average Bonchev–Trinajstić information content (AvgIpc) is 2.91. The monoisotopic (exact) mass is 344 g/mol. The number of carboxylic acid groups (broad SMARTS) is 1. The van der Waals surface area contributed by atoms with Gasteiger partial charge >= 0.3 is 5.97 Å². The van der Waals surface area contributed by atoms with Gasteiger partial charge in [-0.3, -0.25) is 4.79 Å². The van der Waals surface area contributed by atoms with E-state index < -0.39 is 11.5 Å². The van der Waals surface area contributed by atoms with E-state index in [2.05, 4.69) is 10.5 Å². The first kappa shape index (κ1) is 18.7. The number of rotatable bonds is 7. The highest BCUT2D eigenvalue weighted by Gasteiger charge is 2.40. The van der Waals surface area contributed by atoms with Crippen molar-refractivity contribution in [2.75, 3.05) is 0 Å². The van der Waals surface area contributed by atoms with Gasteiger partial charge in [-0.05, 0) is 31.7 Å². The molecule has 0 aliphatic heterocycles. The highest BCUT2D eigenvalue weighted by Crippen LogP contribution is 2.29. The molecule has 2 aromatic rings. The first-order valence-electron chi connectivity index (χ1n) is 8.34. The predicted octanol–water partition coefficient (Wildman–Crippen LogP) is 3.29. The van der Waals surface area contributed by atoms with Crippen LogP contribution in [0.1, 0.15) is 55.2 Å². The number of nitrogens with one attached hydrogen (secondary N) is 1. The first-order valence-corrected chi connectivity index (χ1v) is 8.34. The van der Waals surface area contributed by atoms with E-state index in [-0.39, 0.29) is 24.7 Å². The fourth-order valence-electron chi connectivity index (χ4n) is 3.28. The van der Waals surface area contributed by atoms with Gasteiger partial charge in [0.05, 0.1) is 5.69 Å². The first-order chi connectivity index (χ1) is 11.8. The SMILES string of the molecule is CCC(NC(=O)CC(C)c1c(C)noc1C)(C(=O)O)c1ccccc1. The molecule has 134 valence electrons. The maximum absolute atomic E-state index is 12.6. The van der Waals surface area contributed by atoms with Gasteiger partial charge in [-0.15, -0.1) is 0 Å². The Morgan fingerprint density at radius 2 is 1.92 bits per heavy atom. The molecule has 1 aromatic carbocycles. The van der Waals surface area contributed by atoms with Gasteiger partial charge in [0.1, 0.15) is 5.76 Å². The summed E-state index contributed by atoms with van der Waals surface area (Å²) in [5.41, 5.74) is 0.771. The Morgan fingerprint density at radius 3 is 2.40 bits per heavy atom. The molecule has 25 heavy (non-hydrogen) atoms. The lowest BCUT2D eigenvalue weighted by Gasteiger charge is -2.30. The topological polar surface area (TPSA) is 92.4 Å². The van der Waals surface area contributed by atoms with Crippen LogP contribution >= 0.6 is 0 Å². The van der Waals surface area contributed by atoms with Gasteiger partial charge in [-0.1, -0.05) is 49.3 Å². The van der Waals surface area contributed by atoms with Crippen molar-refractivity contribution >= 4 is 11.9 Å². The molecule has 6 nitrogen and oxygen atoms in total. The van der Waals surface area contributed by atoms with Crippen molar-refractivity contribution in [2.24, 2.45) is 0 Å². The molecule has 1 aromatic heterocycles. The van der Waals surface area contributed by atoms with E-state index in [4.69, 9.17) is 4.52 Å². The van der Waals surface area contributed by atoms with Crippen molar-refractivity contribution < 1.29 is 19.2 Å². The zero-order chi connectivity index (χ0) is 18.6. The number of aliphatic carboxylic acids is 1. The normalized spacial score (nSPS) is 14.6. The van der Waals surface area contributed by atoms with Gasteiger partial charge in [-0.2, -0.15) is 0 Å². The minimum absolute atomic E-state index is 0.120. The second-order valence-electron chi connectivity index (χ2n) is 6.32. The number of carbonyl (C=O) groups is 2. The zero-order valence-electron chi connectivity index (χ0n) is 15.0. The molecular formula is C19H24N2O4. The molecule has 2 atom stereocenters. The Labute approximate surface area is 147 Å². The van der Waals surface area contributed by atoms with Crippen LogP contribution in [0.5, 0.6) is 0 Å². The summed E-state index contributed by atoms with van der Waals surface area (Å²) in [6.45, 7) is 7.29. The molecule has 1 heterocycles. The summed E-state index contributed by atoms with van der Waals surface area (Å²) in [5.74, 6) is -0.827. The highest BCUT2D eigenvalue weighted by atomic mass is 16.5. The zero-order valence-corrected chi connectivity index (χ0v) is 15.0. The third-order valence-corrected chi connectivity index (χ3v) is 4.59. The van der Waals surface area contributed by atoms with E-state index in [9.17, 15) is 14.7 Å². The molecule has 0 bridgehead atoms. The molecule has 2 rings (SSSR count). The van der Waals surface area contributed by atoms with Crippen LogP contribution in [0.25, 0.3) is 0 Å². The lowest BCUT2D eigenvalue weighted by atomic mass is 9.86. The molecule has 0 fully saturated rings. The standard InChI is InChI=1S/C19H24N2O4/c1-5-19(18(23)24,15-9-7-6-8-10-15)20-16(22)11-12(2)17-13(3)21-25-14(17)4/h6-10,12H,5,11H2,1-4H3,(H,20,22)(H,23,24). The van der Waals surface area contributed by atoms with E-state index in [0.717, 1.165) is 11.3 Å². The molecule has 0 aliphatic carbocycles. The number of nitrogens with zero attached hydrogens (tertiary/aromatic N) is 1. The second-order valence-corrected chi connectivity index (χ2v) is 6.32. The van der Waals surface area contributed by atoms with Crippen LogP contribution in [0, 0.1) is 13.8 Å². The van der Waals surface area contributed by atoms with Crippen LogP contribution < -0.4 is 5.32 Å². The Morgan fingerprint density at radius 1 is 1.28 bits per heavy atom. The van der Waals surface area contributed by atoms with E-state index in [1.165, 1.54) is 0 Å². The molecule has 0 spiro atoms. The molecule has 6 heteroatoms. The predicted molar refractivity (Wildman–Crippen MR) is 93.2 cm³/mol. The van der Waals surface area contributed by atoms with E-state index in [1.807, 2.05) is 19.9 Å². The number of benzene rings is 1. The summed E-state index contributed by atoms with van der Waals surface area (Å²) in [5, 5.41) is 16.4. The molecule has 0 saturated carbocycles. The van der Waals surface area contributed by atoms with E-state index in [1.54, 1.807) is 38.1 Å². The third-order valence-electron chi connectivity index (χ3n) is 4.59. The van der Waals surface area contributed by atoms with Crippen molar-refractivity contribution in [3.05, 3.63) is 52.9 Å². The van der Waals surface area contributed by atoms with Gasteiger partial charge in [0.2, 0.25) is 5.91 Å². The van der Waals surface area contributed by atoms with Crippen LogP contribution in [0.15, 0.2) is 34.9 Å².